The molecule has 0 aromatic heterocycles. The first-order valence-electron chi connectivity index (χ1n) is 8.21. The second-order valence-corrected chi connectivity index (χ2v) is 8.04. The summed E-state index contributed by atoms with van der Waals surface area (Å²) < 4.78 is 23.1. The third kappa shape index (κ3) is 3.30. The van der Waals surface area contributed by atoms with Crippen molar-refractivity contribution in [2.75, 3.05) is 12.5 Å². The Morgan fingerprint density at radius 1 is 1.27 bits per heavy atom. The van der Waals surface area contributed by atoms with E-state index in [1.165, 1.54) is 18.4 Å². The first-order chi connectivity index (χ1) is 10.7. The van der Waals surface area contributed by atoms with Gasteiger partial charge in [0.15, 0.2) is 11.5 Å². The summed E-state index contributed by atoms with van der Waals surface area (Å²) in [5.74, 6) is 2.39. The molecule has 1 aliphatic carbocycles. The zero-order valence-electron chi connectivity index (χ0n) is 13.3. The highest BCUT2D eigenvalue weighted by Gasteiger charge is 2.30. The van der Waals surface area contributed by atoms with Crippen LogP contribution in [-0.2, 0) is 10.8 Å². The number of ether oxygens (including phenoxy) is 2. The Hall–Kier alpha value is -1.07. The van der Waals surface area contributed by atoms with Gasteiger partial charge in [-0.25, -0.2) is 0 Å². The molecule has 0 unspecified atom stereocenters. The second-order valence-electron chi connectivity index (χ2n) is 6.10. The molecular weight excluding hydrogens is 298 g/mol. The van der Waals surface area contributed by atoms with Crippen LogP contribution in [0.5, 0.6) is 11.5 Å². The molecular formula is C17H25NO3S. The molecule has 1 N–H and O–H groups in total. The minimum atomic E-state index is -0.723. The standard InChI is InChI=1S/C17H25NO3S/c1-3-22(19)17-7-5-4-6-14(17)18-12(2)13-8-9-15-16(10-13)21-11-20-15/h8-10,12,14,17-18H,3-7,11H2,1-2H3/t12-,14-,17-,22+/m1/s1. The Balaban J connectivity index is 1.69. The molecule has 0 saturated heterocycles. The van der Waals surface area contributed by atoms with E-state index in [0.717, 1.165) is 30.1 Å². The fraction of sp³-hybridized carbons (Fsp3) is 0.647. The van der Waals surface area contributed by atoms with E-state index in [1.54, 1.807) is 0 Å². The van der Waals surface area contributed by atoms with Gasteiger partial charge in [-0.1, -0.05) is 25.8 Å². The van der Waals surface area contributed by atoms with Crippen molar-refractivity contribution in [3.05, 3.63) is 23.8 Å². The van der Waals surface area contributed by atoms with Crippen LogP contribution in [0, 0.1) is 0 Å². The maximum absolute atomic E-state index is 12.3. The van der Waals surface area contributed by atoms with E-state index in [0.29, 0.717) is 12.8 Å². The summed E-state index contributed by atoms with van der Waals surface area (Å²) in [4.78, 5) is 0. The molecule has 5 heteroatoms. The van der Waals surface area contributed by atoms with E-state index in [4.69, 9.17) is 9.47 Å². The molecule has 1 saturated carbocycles. The fourth-order valence-electron chi connectivity index (χ4n) is 3.42. The summed E-state index contributed by atoms with van der Waals surface area (Å²) in [6, 6.07) is 6.66. The van der Waals surface area contributed by atoms with E-state index < -0.39 is 10.8 Å². The maximum atomic E-state index is 12.3. The zero-order chi connectivity index (χ0) is 15.5. The van der Waals surface area contributed by atoms with Crippen LogP contribution in [0.4, 0.5) is 0 Å². The van der Waals surface area contributed by atoms with Crippen LogP contribution < -0.4 is 14.8 Å². The van der Waals surface area contributed by atoms with E-state index in [2.05, 4.69) is 24.4 Å². The van der Waals surface area contributed by atoms with Crippen molar-refractivity contribution in [1.29, 1.82) is 0 Å². The number of rotatable bonds is 5. The van der Waals surface area contributed by atoms with E-state index in [-0.39, 0.29) is 11.3 Å². The van der Waals surface area contributed by atoms with Gasteiger partial charge >= 0.3 is 0 Å². The fourth-order valence-corrected chi connectivity index (χ4v) is 4.85. The highest BCUT2D eigenvalue weighted by molar-refractivity contribution is 7.85. The van der Waals surface area contributed by atoms with Gasteiger partial charge in [0, 0.05) is 28.6 Å². The third-order valence-electron chi connectivity index (χ3n) is 4.69. The minimum Gasteiger partial charge on any atom is -0.454 e. The molecule has 4 nitrogen and oxygen atoms in total. The summed E-state index contributed by atoms with van der Waals surface area (Å²) in [7, 11) is -0.723. The lowest BCUT2D eigenvalue weighted by molar-refractivity contribution is 0.174. The van der Waals surface area contributed by atoms with E-state index in [1.807, 2.05) is 13.0 Å². The molecule has 0 spiro atoms. The van der Waals surface area contributed by atoms with Crippen molar-refractivity contribution >= 4 is 10.8 Å². The van der Waals surface area contributed by atoms with Crippen molar-refractivity contribution in [2.24, 2.45) is 0 Å². The van der Waals surface area contributed by atoms with Crippen LogP contribution in [0.25, 0.3) is 0 Å². The van der Waals surface area contributed by atoms with Crippen LogP contribution in [0.1, 0.15) is 51.1 Å². The van der Waals surface area contributed by atoms with Crippen molar-refractivity contribution < 1.29 is 13.7 Å². The van der Waals surface area contributed by atoms with Crippen LogP contribution in [0.15, 0.2) is 18.2 Å². The van der Waals surface area contributed by atoms with Gasteiger partial charge in [0.05, 0.1) is 5.25 Å². The molecule has 1 aliphatic heterocycles. The molecule has 0 amide bonds. The van der Waals surface area contributed by atoms with Crippen molar-refractivity contribution in [2.45, 2.75) is 56.9 Å². The van der Waals surface area contributed by atoms with Crippen LogP contribution >= 0.6 is 0 Å². The van der Waals surface area contributed by atoms with Crippen LogP contribution in [-0.4, -0.2) is 28.0 Å². The maximum Gasteiger partial charge on any atom is 0.231 e. The molecule has 2 aliphatic rings. The van der Waals surface area contributed by atoms with Crippen molar-refractivity contribution in [3.8, 4) is 11.5 Å². The molecule has 1 aromatic rings. The smallest absolute Gasteiger partial charge is 0.231 e. The monoisotopic (exact) mass is 323 g/mol. The number of hydrogen-bond donors (Lipinski definition) is 1. The van der Waals surface area contributed by atoms with E-state index >= 15 is 0 Å². The molecule has 122 valence electrons. The molecule has 3 rings (SSSR count). The third-order valence-corrected chi connectivity index (χ3v) is 6.49. The predicted molar refractivity (Wildman–Crippen MR) is 88.8 cm³/mol. The Bertz CT molecular complexity index is 549. The predicted octanol–water partition coefficient (Wildman–Crippen LogP) is 3.15. The molecule has 1 fully saturated rings. The summed E-state index contributed by atoms with van der Waals surface area (Å²) in [5, 5.41) is 3.99. The molecule has 1 aromatic carbocycles. The Kier molecular flexibility index (Phi) is 5.03. The Morgan fingerprint density at radius 2 is 2.05 bits per heavy atom. The Morgan fingerprint density at radius 3 is 2.86 bits per heavy atom. The number of fused-ring (bicyclic) bond motifs is 1. The number of benzene rings is 1. The largest absolute Gasteiger partial charge is 0.454 e. The highest BCUT2D eigenvalue weighted by atomic mass is 32.2. The summed E-state index contributed by atoms with van der Waals surface area (Å²) in [6.07, 6.45) is 4.62. The number of nitrogens with one attached hydrogen (secondary N) is 1. The van der Waals surface area contributed by atoms with Crippen molar-refractivity contribution in [3.63, 3.8) is 0 Å². The lowest BCUT2D eigenvalue weighted by Crippen LogP contribution is -2.45. The van der Waals surface area contributed by atoms with Gasteiger partial charge < -0.3 is 14.8 Å². The first-order valence-corrected chi connectivity index (χ1v) is 9.60. The van der Waals surface area contributed by atoms with Gasteiger partial charge in [-0.15, -0.1) is 0 Å². The van der Waals surface area contributed by atoms with Gasteiger partial charge in [0.2, 0.25) is 6.79 Å². The molecule has 0 radical (unpaired) electrons. The van der Waals surface area contributed by atoms with Gasteiger partial charge in [0.25, 0.3) is 0 Å². The van der Waals surface area contributed by atoms with Crippen molar-refractivity contribution in [1.82, 2.24) is 5.32 Å². The summed E-state index contributed by atoms with van der Waals surface area (Å²) >= 11 is 0. The molecule has 4 atom stereocenters. The summed E-state index contributed by atoms with van der Waals surface area (Å²) in [5.41, 5.74) is 1.19. The highest BCUT2D eigenvalue weighted by Crippen LogP contribution is 2.34. The average Bonchev–Trinajstić information content (AvgIpc) is 3.02. The average molecular weight is 323 g/mol. The first kappa shape index (κ1) is 15.8. The van der Waals surface area contributed by atoms with E-state index in [9.17, 15) is 4.21 Å². The SMILES string of the molecule is CC[S@](=O)[C@@H]1CCCC[C@H]1N[C@H](C)c1ccc2c(c1)OCO2. The molecule has 22 heavy (non-hydrogen) atoms. The summed E-state index contributed by atoms with van der Waals surface area (Å²) in [6.45, 7) is 4.49. The lowest BCUT2D eigenvalue weighted by atomic mass is 9.93. The zero-order valence-corrected chi connectivity index (χ0v) is 14.2. The lowest BCUT2D eigenvalue weighted by Gasteiger charge is -2.33. The van der Waals surface area contributed by atoms with Gasteiger partial charge in [0.1, 0.15) is 0 Å². The molecule has 0 bridgehead atoms. The van der Waals surface area contributed by atoms with Crippen LogP contribution in [0.2, 0.25) is 0 Å². The Labute approximate surface area is 135 Å². The molecule has 1 heterocycles. The van der Waals surface area contributed by atoms with Gasteiger partial charge in [-0.2, -0.15) is 0 Å². The quantitative estimate of drug-likeness (QED) is 0.904. The van der Waals surface area contributed by atoms with Gasteiger partial charge in [-0.05, 0) is 37.5 Å². The topological polar surface area (TPSA) is 47.6 Å². The normalized spacial score (nSPS) is 26.6. The minimum absolute atomic E-state index is 0.217. The van der Waals surface area contributed by atoms with Gasteiger partial charge in [-0.3, -0.25) is 4.21 Å². The number of hydrogen-bond acceptors (Lipinski definition) is 4. The van der Waals surface area contributed by atoms with Crippen LogP contribution in [0.3, 0.4) is 0 Å². The second kappa shape index (κ2) is 7.01.